The first-order valence-electron chi connectivity index (χ1n) is 4.83. The van der Waals surface area contributed by atoms with Crippen molar-refractivity contribution in [2.24, 2.45) is 0 Å². The zero-order chi connectivity index (χ0) is 11.4. The van der Waals surface area contributed by atoms with E-state index in [1.807, 2.05) is 6.92 Å². The summed E-state index contributed by atoms with van der Waals surface area (Å²) in [6.45, 7) is 1.86. The van der Waals surface area contributed by atoms with E-state index in [0.717, 1.165) is 5.56 Å². The van der Waals surface area contributed by atoms with Crippen molar-refractivity contribution in [3.05, 3.63) is 23.8 Å². The molecule has 0 saturated carbocycles. The minimum Gasteiger partial charge on any atom is -1.00 e. The molecule has 2 atom stereocenters. The largest absolute Gasteiger partial charge is 1.00 e. The van der Waals surface area contributed by atoms with Crippen LogP contribution in [0.2, 0.25) is 0 Å². The van der Waals surface area contributed by atoms with Gasteiger partial charge in [0.05, 0.1) is 14.2 Å². The van der Waals surface area contributed by atoms with Crippen LogP contribution in [0.25, 0.3) is 0 Å². The second-order valence-corrected chi connectivity index (χ2v) is 3.53. The highest BCUT2D eigenvalue weighted by Gasteiger charge is 2.19. The van der Waals surface area contributed by atoms with Gasteiger partial charge in [0, 0.05) is 11.6 Å². The molecule has 0 aliphatic carbocycles. The van der Waals surface area contributed by atoms with Gasteiger partial charge in [-0.15, -0.1) is 0 Å². The number of hydrogen-bond acceptors (Lipinski definition) is 3. The van der Waals surface area contributed by atoms with E-state index >= 15 is 0 Å². The van der Waals surface area contributed by atoms with Crippen LogP contribution in [0.1, 0.15) is 18.6 Å². The second-order valence-electron chi connectivity index (χ2n) is 3.53. The summed E-state index contributed by atoms with van der Waals surface area (Å²) in [5.41, 5.74) is 4.53. The van der Waals surface area contributed by atoms with E-state index in [0.29, 0.717) is 11.5 Å². The Labute approximate surface area is 102 Å². The van der Waals surface area contributed by atoms with Gasteiger partial charge in [0.2, 0.25) is 0 Å². The van der Waals surface area contributed by atoms with E-state index in [1.54, 1.807) is 32.4 Å². The predicted octanol–water partition coefficient (Wildman–Crippen LogP) is -2.63. The molecular weight excluding hydrogens is 230 g/mol. The van der Waals surface area contributed by atoms with Crippen molar-refractivity contribution in [3.63, 3.8) is 0 Å². The van der Waals surface area contributed by atoms with Crippen LogP contribution in [0, 0.1) is 0 Å². The lowest BCUT2D eigenvalue weighted by Crippen LogP contribution is -3.00. The van der Waals surface area contributed by atoms with Crippen molar-refractivity contribution in [2.75, 3.05) is 14.2 Å². The maximum atomic E-state index is 9.89. The molecule has 5 heteroatoms. The van der Waals surface area contributed by atoms with Gasteiger partial charge in [-0.3, -0.25) is 0 Å². The summed E-state index contributed by atoms with van der Waals surface area (Å²) in [5, 5.41) is 9.89. The first-order valence-corrected chi connectivity index (χ1v) is 4.83. The molecule has 4 N–H and O–H groups in total. The summed E-state index contributed by atoms with van der Waals surface area (Å²) in [6, 6.07) is 5.25. The van der Waals surface area contributed by atoms with Crippen LogP contribution in [-0.2, 0) is 0 Å². The molecule has 0 radical (unpaired) electrons. The maximum absolute atomic E-state index is 9.89. The van der Waals surface area contributed by atoms with Gasteiger partial charge in [-0.1, -0.05) is 0 Å². The standard InChI is InChI=1S/C11H17NO3.ClH/c1-7(12)11(13)9-5-4-8(14-2)6-10(9)15-3;/h4-7,11,13H,12H2,1-3H3;1H. The number of methoxy groups -OCH3 is 2. The van der Waals surface area contributed by atoms with Gasteiger partial charge >= 0.3 is 0 Å². The highest BCUT2D eigenvalue weighted by atomic mass is 35.5. The minimum atomic E-state index is -0.620. The van der Waals surface area contributed by atoms with Crippen molar-refractivity contribution >= 4 is 0 Å². The number of hydrogen-bond donors (Lipinski definition) is 2. The van der Waals surface area contributed by atoms with Crippen LogP contribution < -0.4 is 27.6 Å². The summed E-state index contributed by atoms with van der Waals surface area (Å²) < 4.78 is 10.3. The molecule has 0 saturated heterocycles. The normalized spacial score (nSPS) is 13.6. The molecule has 0 aliphatic heterocycles. The molecule has 0 amide bonds. The van der Waals surface area contributed by atoms with Crippen LogP contribution in [0.3, 0.4) is 0 Å². The third kappa shape index (κ3) is 3.27. The molecule has 92 valence electrons. The highest BCUT2D eigenvalue weighted by molar-refractivity contribution is 5.42. The molecule has 1 rings (SSSR count). The number of halogens is 1. The Morgan fingerprint density at radius 1 is 1.25 bits per heavy atom. The number of aliphatic hydroxyl groups is 1. The van der Waals surface area contributed by atoms with E-state index in [1.165, 1.54) is 0 Å². The van der Waals surface area contributed by atoms with Crippen molar-refractivity contribution in [1.29, 1.82) is 0 Å². The van der Waals surface area contributed by atoms with Crippen LogP contribution in [0.15, 0.2) is 18.2 Å². The Morgan fingerprint density at radius 3 is 2.31 bits per heavy atom. The van der Waals surface area contributed by atoms with Crippen LogP contribution in [0.5, 0.6) is 11.5 Å². The molecule has 0 spiro atoms. The summed E-state index contributed by atoms with van der Waals surface area (Å²) in [6.07, 6.45) is -0.620. The number of benzene rings is 1. The first kappa shape index (κ1) is 15.0. The van der Waals surface area contributed by atoms with Gasteiger partial charge in [-0.2, -0.15) is 0 Å². The minimum absolute atomic E-state index is 0. The molecule has 2 unspecified atom stereocenters. The number of ether oxygens (including phenoxy) is 2. The quantitative estimate of drug-likeness (QED) is 0.612. The summed E-state index contributed by atoms with van der Waals surface area (Å²) in [7, 11) is 3.16. The summed E-state index contributed by atoms with van der Waals surface area (Å²) in [5.74, 6) is 1.33. The molecule has 16 heavy (non-hydrogen) atoms. The molecule has 4 nitrogen and oxygen atoms in total. The zero-order valence-electron chi connectivity index (χ0n) is 9.74. The van der Waals surface area contributed by atoms with Crippen molar-refractivity contribution in [3.8, 4) is 11.5 Å². The molecule has 1 aromatic rings. The first-order chi connectivity index (χ1) is 7.10. The lowest BCUT2D eigenvalue weighted by molar-refractivity contribution is -0.433. The lowest BCUT2D eigenvalue weighted by atomic mass is 10.0. The Morgan fingerprint density at radius 2 is 1.88 bits per heavy atom. The highest BCUT2D eigenvalue weighted by Crippen LogP contribution is 2.30. The maximum Gasteiger partial charge on any atom is 0.134 e. The van der Waals surface area contributed by atoms with Gasteiger partial charge < -0.3 is 32.7 Å². The van der Waals surface area contributed by atoms with Gasteiger partial charge in [0.15, 0.2) is 0 Å². The molecule has 0 bridgehead atoms. The van der Waals surface area contributed by atoms with Gasteiger partial charge in [0.25, 0.3) is 0 Å². The summed E-state index contributed by atoms with van der Waals surface area (Å²) in [4.78, 5) is 0. The molecule has 0 aliphatic rings. The molecule has 0 fully saturated rings. The second kappa shape index (κ2) is 6.58. The Hall–Kier alpha value is -0.970. The van der Waals surface area contributed by atoms with E-state index < -0.39 is 6.10 Å². The third-order valence-corrected chi connectivity index (χ3v) is 2.30. The fraction of sp³-hybridized carbons (Fsp3) is 0.455. The number of rotatable bonds is 4. The van der Waals surface area contributed by atoms with E-state index in [4.69, 9.17) is 9.47 Å². The van der Waals surface area contributed by atoms with Crippen molar-refractivity contribution in [2.45, 2.75) is 19.1 Å². The lowest BCUT2D eigenvalue weighted by Gasteiger charge is -2.16. The number of aliphatic hydroxyl groups excluding tert-OH is 1. The van der Waals surface area contributed by atoms with Crippen molar-refractivity contribution < 1.29 is 32.7 Å². The van der Waals surface area contributed by atoms with E-state index in [2.05, 4.69) is 5.73 Å². The van der Waals surface area contributed by atoms with E-state index in [9.17, 15) is 5.11 Å². The molecule has 0 heterocycles. The zero-order valence-corrected chi connectivity index (χ0v) is 10.5. The molecule has 1 aromatic carbocycles. The van der Waals surface area contributed by atoms with Crippen molar-refractivity contribution in [1.82, 2.24) is 0 Å². The topological polar surface area (TPSA) is 66.3 Å². The average Bonchev–Trinajstić information content (AvgIpc) is 2.27. The fourth-order valence-electron chi connectivity index (χ4n) is 1.37. The third-order valence-electron chi connectivity index (χ3n) is 2.30. The predicted molar refractivity (Wildman–Crippen MR) is 56.9 cm³/mol. The Kier molecular flexibility index (Phi) is 6.18. The van der Waals surface area contributed by atoms with Crippen LogP contribution in [-0.4, -0.2) is 25.4 Å². The van der Waals surface area contributed by atoms with E-state index in [-0.39, 0.29) is 18.4 Å². The summed E-state index contributed by atoms with van der Waals surface area (Å²) >= 11 is 0. The van der Waals surface area contributed by atoms with Crippen LogP contribution in [0.4, 0.5) is 0 Å². The smallest absolute Gasteiger partial charge is 0.134 e. The van der Waals surface area contributed by atoms with Crippen LogP contribution >= 0.6 is 0 Å². The van der Waals surface area contributed by atoms with Gasteiger partial charge in [0.1, 0.15) is 23.6 Å². The Balaban J connectivity index is 0.00000225. The molecular formula is C11H18ClNO3. The number of quaternary nitrogens is 1. The van der Waals surface area contributed by atoms with Gasteiger partial charge in [-0.25, -0.2) is 0 Å². The average molecular weight is 248 g/mol. The fourth-order valence-corrected chi connectivity index (χ4v) is 1.37. The monoisotopic (exact) mass is 247 g/mol. The molecule has 0 aromatic heterocycles. The Bertz CT molecular complexity index is 331. The van der Waals surface area contributed by atoms with Gasteiger partial charge in [-0.05, 0) is 19.1 Å². The SMILES string of the molecule is COc1ccc(C(O)C(C)[NH3+])c(OC)c1.[Cl-].